The van der Waals surface area contributed by atoms with E-state index in [1.165, 1.54) is 38.6 Å². The lowest BCUT2D eigenvalue weighted by Gasteiger charge is -2.17. The largest absolute Gasteiger partial charge is 0.481 e. The molecule has 7 heteroatoms. The SMILES string of the molecule is COc1cc(C(NN)c2ccc(C)c(F)c2F)ncn1. The monoisotopic (exact) mass is 280 g/mol. The average Bonchev–Trinajstić information content (AvgIpc) is 2.48. The maximum Gasteiger partial charge on any atom is 0.216 e. The van der Waals surface area contributed by atoms with Crippen LogP contribution in [0.3, 0.4) is 0 Å². The Bertz CT molecular complexity index is 621. The zero-order valence-corrected chi connectivity index (χ0v) is 11.0. The van der Waals surface area contributed by atoms with Crippen LogP contribution in [0.4, 0.5) is 8.78 Å². The first-order valence-electron chi connectivity index (χ1n) is 5.85. The standard InChI is InChI=1S/C13H14F2N4O/c1-7-3-4-8(12(15)11(7)14)13(19-16)9-5-10(20-2)18-6-17-9/h3-6,13,19H,16H2,1-2H3. The zero-order chi connectivity index (χ0) is 14.7. The Morgan fingerprint density at radius 2 is 2.00 bits per heavy atom. The summed E-state index contributed by atoms with van der Waals surface area (Å²) in [4.78, 5) is 7.86. The van der Waals surface area contributed by atoms with Gasteiger partial charge in [-0.3, -0.25) is 5.84 Å². The van der Waals surface area contributed by atoms with E-state index in [4.69, 9.17) is 10.6 Å². The molecule has 2 aromatic rings. The van der Waals surface area contributed by atoms with Crippen molar-refractivity contribution >= 4 is 0 Å². The van der Waals surface area contributed by atoms with E-state index in [2.05, 4.69) is 15.4 Å². The Kier molecular flexibility index (Phi) is 4.21. The van der Waals surface area contributed by atoms with Gasteiger partial charge in [0.1, 0.15) is 6.33 Å². The Hall–Kier alpha value is -2.12. The molecule has 1 atom stereocenters. The maximum absolute atomic E-state index is 14.0. The summed E-state index contributed by atoms with van der Waals surface area (Å²) in [5.41, 5.74) is 3.09. The van der Waals surface area contributed by atoms with E-state index in [1.807, 2.05) is 0 Å². The lowest BCUT2D eigenvalue weighted by Crippen LogP contribution is -2.30. The molecule has 1 heterocycles. The fraction of sp³-hybridized carbons (Fsp3) is 0.231. The summed E-state index contributed by atoms with van der Waals surface area (Å²) in [7, 11) is 1.45. The lowest BCUT2D eigenvalue weighted by atomic mass is 10.0. The summed E-state index contributed by atoms with van der Waals surface area (Å²) in [6, 6.07) is 3.65. The molecular weight excluding hydrogens is 266 g/mol. The summed E-state index contributed by atoms with van der Waals surface area (Å²) in [6.45, 7) is 1.49. The molecule has 0 saturated carbocycles. The summed E-state index contributed by atoms with van der Waals surface area (Å²) < 4.78 is 32.6. The number of aryl methyl sites for hydroxylation is 1. The van der Waals surface area contributed by atoms with Gasteiger partial charge in [0.2, 0.25) is 5.88 Å². The van der Waals surface area contributed by atoms with Crippen LogP contribution in [0.15, 0.2) is 24.5 Å². The van der Waals surface area contributed by atoms with Gasteiger partial charge in [0.25, 0.3) is 0 Å². The molecule has 0 aliphatic carbocycles. The van der Waals surface area contributed by atoms with Crippen molar-refractivity contribution in [2.45, 2.75) is 13.0 Å². The predicted molar refractivity (Wildman–Crippen MR) is 68.8 cm³/mol. The molecule has 0 spiro atoms. The van der Waals surface area contributed by atoms with E-state index in [0.29, 0.717) is 11.6 Å². The number of methoxy groups -OCH3 is 1. The van der Waals surface area contributed by atoms with Gasteiger partial charge in [0.05, 0.1) is 18.8 Å². The van der Waals surface area contributed by atoms with Gasteiger partial charge in [-0.2, -0.15) is 0 Å². The minimum Gasteiger partial charge on any atom is -0.481 e. The van der Waals surface area contributed by atoms with Crippen LogP contribution in [0.25, 0.3) is 0 Å². The number of hydrazine groups is 1. The third kappa shape index (κ3) is 2.59. The maximum atomic E-state index is 14.0. The van der Waals surface area contributed by atoms with Crippen molar-refractivity contribution in [3.05, 3.63) is 53.0 Å². The normalized spacial score (nSPS) is 12.2. The Morgan fingerprint density at radius 1 is 1.25 bits per heavy atom. The second-order valence-corrected chi connectivity index (χ2v) is 4.18. The fourth-order valence-electron chi connectivity index (χ4n) is 1.84. The van der Waals surface area contributed by atoms with Gasteiger partial charge in [-0.1, -0.05) is 12.1 Å². The van der Waals surface area contributed by atoms with Gasteiger partial charge in [-0.15, -0.1) is 0 Å². The Labute approximate surface area is 114 Å². The highest BCUT2D eigenvalue weighted by molar-refractivity contribution is 5.33. The number of nitrogens with one attached hydrogen (secondary N) is 1. The molecule has 0 amide bonds. The second kappa shape index (κ2) is 5.89. The third-order valence-corrected chi connectivity index (χ3v) is 2.95. The zero-order valence-electron chi connectivity index (χ0n) is 11.0. The first-order chi connectivity index (χ1) is 9.58. The highest BCUT2D eigenvalue weighted by Crippen LogP contribution is 2.26. The summed E-state index contributed by atoms with van der Waals surface area (Å²) in [5.74, 6) is 3.90. The smallest absolute Gasteiger partial charge is 0.216 e. The van der Waals surface area contributed by atoms with Crippen LogP contribution in [-0.2, 0) is 0 Å². The Balaban J connectivity index is 2.49. The van der Waals surface area contributed by atoms with Crippen molar-refractivity contribution in [3.8, 4) is 5.88 Å². The minimum atomic E-state index is -0.953. The Morgan fingerprint density at radius 3 is 2.65 bits per heavy atom. The summed E-state index contributed by atoms with van der Waals surface area (Å²) >= 11 is 0. The molecule has 106 valence electrons. The van der Waals surface area contributed by atoms with Crippen molar-refractivity contribution in [1.82, 2.24) is 15.4 Å². The number of halogens is 2. The van der Waals surface area contributed by atoms with E-state index in [1.54, 1.807) is 0 Å². The van der Waals surface area contributed by atoms with Gasteiger partial charge in [0.15, 0.2) is 11.6 Å². The molecule has 20 heavy (non-hydrogen) atoms. The van der Waals surface area contributed by atoms with E-state index in [9.17, 15) is 8.78 Å². The van der Waals surface area contributed by atoms with E-state index < -0.39 is 17.7 Å². The van der Waals surface area contributed by atoms with Crippen LogP contribution in [0.5, 0.6) is 5.88 Å². The second-order valence-electron chi connectivity index (χ2n) is 4.18. The number of ether oxygens (including phenoxy) is 1. The molecule has 5 nitrogen and oxygen atoms in total. The molecule has 0 radical (unpaired) electrons. The highest BCUT2D eigenvalue weighted by Gasteiger charge is 2.21. The van der Waals surface area contributed by atoms with Crippen molar-refractivity contribution in [3.63, 3.8) is 0 Å². The van der Waals surface area contributed by atoms with Crippen LogP contribution < -0.4 is 16.0 Å². The third-order valence-electron chi connectivity index (χ3n) is 2.95. The number of hydrogen-bond donors (Lipinski definition) is 2. The van der Waals surface area contributed by atoms with Gasteiger partial charge in [-0.05, 0) is 12.5 Å². The molecule has 1 unspecified atom stereocenters. The molecule has 0 aliphatic heterocycles. The number of rotatable bonds is 4. The van der Waals surface area contributed by atoms with E-state index >= 15 is 0 Å². The lowest BCUT2D eigenvalue weighted by molar-refractivity contribution is 0.394. The molecule has 3 N–H and O–H groups in total. The highest BCUT2D eigenvalue weighted by atomic mass is 19.2. The molecule has 0 saturated heterocycles. The van der Waals surface area contributed by atoms with Gasteiger partial charge >= 0.3 is 0 Å². The molecular formula is C13H14F2N4O. The van der Waals surface area contributed by atoms with E-state index in [0.717, 1.165) is 0 Å². The molecule has 0 fully saturated rings. The van der Waals surface area contributed by atoms with Crippen molar-refractivity contribution < 1.29 is 13.5 Å². The van der Waals surface area contributed by atoms with Crippen molar-refractivity contribution in [2.75, 3.05) is 7.11 Å². The topological polar surface area (TPSA) is 73.1 Å². The molecule has 2 rings (SSSR count). The van der Waals surface area contributed by atoms with Crippen LogP contribution in [0, 0.1) is 18.6 Å². The van der Waals surface area contributed by atoms with Crippen LogP contribution in [-0.4, -0.2) is 17.1 Å². The summed E-state index contributed by atoms with van der Waals surface area (Å²) in [6.07, 6.45) is 1.26. The number of nitrogens with two attached hydrogens (primary N) is 1. The number of hydrogen-bond acceptors (Lipinski definition) is 5. The van der Waals surface area contributed by atoms with Crippen molar-refractivity contribution in [2.24, 2.45) is 5.84 Å². The number of benzene rings is 1. The molecule has 0 aliphatic rings. The van der Waals surface area contributed by atoms with E-state index in [-0.39, 0.29) is 11.1 Å². The van der Waals surface area contributed by atoms with Crippen LogP contribution in [0.1, 0.15) is 22.9 Å². The average molecular weight is 280 g/mol. The molecule has 1 aromatic carbocycles. The van der Waals surface area contributed by atoms with Crippen molar-refractivity contribution in [1.29, 1.82) is 0 Å². The minimum absolute atomic E-state index is 0.0661. The van der Waals surface area contributed by atoms with Gasteiger partial charge in [0, 0.05) is 11.6 Å². The van der Waals surface area contributed by atoms with Crippen LogP contribution in [0.2, 0.25) is 0 Å². The van der Waals surface area contributed by atoms with Gasteiger partial charge in [-0.25, -0.2) is 24.2 Å². The molecule has 0 bridgehead atoms. The first kappa shape index (κ1) is 14.3. The number of aromatic nitrogens is 2. The van der Waals surface area contributed by atoms with Crippen LogP contribution >= 0.6 is 0 Å². The molecule has 1 aromatic heterocycles. The fourth-order valence-corrected chi connectivity index (χ4v) is 1.84. The quantitative estimate of drug-likeness (QED) is 0.657. The predicted octanol–water partition coefficient (Wildman–Crippen LogP) is 1.62. The van der Waals surface area contributed by atoms with Gasteiger partial charge < -0.3 is 4.74 Å². The number of nitrogens with zero attached hydrogens (tertiary/aromatic N) is 2. The first-order valence-corrected chi connectivity index (χ1v) is 5.85. The summed E-state index contributed by atoms with van der Waals surface area (Å²) in [5, 5.41) is 0.